The lowest BCUT2D eigenvalue weighted by molar-refractivity contribution is -0.138. The standard InChI is InChI=1S/C11H18N2O4/c1-8(10(14)15)12-11(16)13-5-3-9(4-6-13)7-17-2/h3,8H,4-7H2,1-2H3,(H,12,16)(H,14,15)/t8-/m1/s1. The molecule has 6 nitrogen and oxygen atoms in total. The van der Waals surface area contributed by atoms with Crippen molar-refractivity contribution in [2.75, 3.05) is 26.8 Å². The van der Waals surface area contributed by atoms with E-state index in [1.807, 2.05) is 6.08 Å². The zero-order valence-corrected chi connectivity index (χ0v) is 10.1. The first kappa shape index (κ1) is 13.5. The first-order valence-electron chi connectivity index (χ1n) is 5.49. The van der Waals surface area contributed by atoms with Gasteiger partial charge in [-0.1, -0.05) is 6.08 Å². The van der Waals surface area contributed by atoms with Gasteiger partial charge in [0.15, 0.2) is 0 Å². The Morgan fingerprint density at radius 2 is 2.35 bits per heavy atom. The Morgan fingerprint density at radius 3 is 2.82 bits per heavy atom. The molecular formula is C11H18N2O4. The fourth-order valence-electron chi connectivity index (χ4n) is 1.55. The van der Waals surface area contributed by atoms with Crippen LogP contribution in [0.15, 0.2) is 11.6 Å². The van der Waals surface area contributed by atoms with Crippen molar-refractivity contribution in [3.63, 3.8) is 0 Å². The van der Waals surface area contributed by atoms with Crippen LogP contribution in [-0.4, -0.2) is 54.9 Å². The van der Waals surface area contributed by atoms with E-state index in [9.17, 15) is 9.59 Å². The van der Waals surface area contributed by atoms with Gasteiger partial charge in [-0.15, -0.1) is 0 Å². The largest absolute Gasteiger partial charge is 0.480 e. The van der Waals surface area contributed by atoms with Gasteiger partial charge in [0.25, 0.3) is 0 Å². The zero-order chi connectivity index (χ0) is 12.8. The number of nitrogens with zero attached hydrogens (tertiary/aromatic N) is 1. The molecule has 1 aliphatic heterocycles. The van der Waals surface area contributed by atoms with Crippen molar-refractivity contribution < 1.29 is 19.4 Å². The number of carbonyl (C=O) groups is 2. The average Bonchev–Trinajstić information content (AvgIpc) is 2.30. The van der Waals surface area contributed by atoms with E-state index in [1.165, 1.54) is 12.5 Å². The third-order valence-corrected chi connectivity index (χ3v) is 2.63. The normalized spacial score (nSPS) is 17.3. The van der Waals surface area contributed by atoms with Gasteiger partial charge in [0.05, 0.1) is 6.61 Å². The maximum atomic E-state index is 11.7. The van der Waals surface area contributed by atoms with E-state index < -0.39 is 12.0 Å². The SMILES string of the molecule is COCC1=CCN(C(=O)N[C@H](C)C(=O)O)CC1. The van der Waals surface area contributed by atoms with E-state index in [2.05, 4.69) is 5.32 Å². The van der Waals surface area contributed by atoms with Gasteiger partial charge in [-0.2, -0.15) is 0 Å². The van der Waals surface area contributed by atoms with Crippen LogP contribution in [0.3, 0.4) is 0 Å². The summed E-state index contributed by atoms with van der Waals surface area (Å²) < 4.78 is 5.01. The number of carbonyl (C=O) groups excluding carboxylic acids is 1. The molecule has 0 aromatic heterocycles. The summed E-state index contributed by atoms with van der Waals surface area (Å²) in [5.74, 6) is -1.04. The lowest BCUT2D eigenvalue weighted by Gasteiger charge is -2.27. The first-order chi connectivity index (χ1) is 8.04. The topological polar surface area (TPSA) is 78.9 Å². The van der Waals surface area contributed by atoms with Crippen molar-refractivity contribution in [1.29, 1.82) is 0 Å². The predicted molar refractivity (Wildman–Crippen MR) is 61.8 cm³/mol. The fraction of sp³-hybridized carbons (Fsp3) is 0.636. The molecule has 0 aliphatic carbocycles. The maximum absolute atomic E-state index is 11.7. The van der Waals surface area contributed by atoms with E-state index >= 15 is 0 Å². The summed E-state index contributed by atoms with van der Waals surface area (Å²) in [6, 6.07) is -1.21. The molecule has 0 radical (unpaired) electrons. The molecule has 6 heteroatoms. The van der Waals surface area contributed by atoms with Gasteiger partial charge in [0, 0.05) is 20.2 Å². The molecule has 0 saturated carbocycles. The number of ether oxygens (including phenoxy) is 1. The van der Waals surface area contributed by atoms with Crippen LogP contribution in [-0.2, 0) is 9.53 Å². The van der Waals surface area contributed by atoms with Gasteiger partial charge in [0.2, 0.25) is 0 Å². The number of carboxylic acids is 1. The highest BCUT2D eigenvalue weighted by atomic mass is 16.5. The maximum Gasteiger partial charge on any atom is 0.325 e. The summed E-state index contributed by atoms with van der Waals surface area (Å²) in [6.07, 6.45) is 2.71. The minimum absolute atomic E-state index is 0.340. The molecule has 96 valence electrons. The molecule has 0 unspecified atom stereocenters. The van der Waals surface area contributed by atoms with Gasteiger partial charge in [-0.3, -0.25) is 4.79 Å². The van der Waals surface area contributed by atoms with Gasteiger partial charge < -0.3 is 20.1 Å². The Hall–Kier alpha value is -1.56. The molecule has 17 heavy (non-hydrogen) atoms. The Kier molecular flexibility index (Phi) is 4.96. The Labute approximate surface area is 100 Å². The summed E-state index contributed by atoms with van der Waals surface area (Å²) in [6.45, 7) is 3.11. The smallest absolute Gasteiger partial charge is 0.325 e. The molecule has 0 saturated heterocycles. The fourth-order valence-corrected chi connectivity index (χ4v) is 1.55. The Morgan fingerprint density at radius 1 is 1.65 bits per heavy atom. The van der Waals surface area contributed by atoms with Gasteiger partial charge in [-0.25, -0.2) is 4.79 Å². The lowest BCUT2D eigenvalue weighted by atomic mass is 10.1. The summed E-state index contributed by atoms with van der Waals surface area (Å²) in [5.41, 5.74) is 1.17. The van der Waals surface area contributed by atoms with Gasteiger partial charge >= 0.3 is 12.0 Å². The zero-order valence-electron chi connectivity index (χ0n) is 10.1. The number of hydrogen-bond donors (Lipinski definition) is 2. The van der Waals surface area contributed by atoms with E-state index in [-0.39, 0.29) is 6.03 Å². The number of aliphatic carboxylic acids is 1. The van der Waals surface area contributed by atoms with Crippen molar-refractivity contribution in [1.82, 2.24) is 10.2 Å². The van der Waals surface area contributed by atoms with Gasteiger partial charge in [-0.05, 0) is 18.9 Å². The molecule has 0 aromatic carbocycles. The van der Waals surface area contributed by atoms with Crippen LogP contribution in [0.5, 0.6) is 0 Å². The molecule has 0 bridgehead atoms. The molecule has 0 fully saturated rings. The van der Waals surface area contributed by atoms with Crippen LogP contribution in [0.1, 0.15) is 13.3 Å². The number of rotatable bonds is 4. The molecule has 0 spiro atoms. The highest BCUT2D eigenvalue weighted by molar-refractivity contribution is 5.82. The first-order valence-corrected chi connectivity index (χ1v) is 5.49. The summed E-state index contributed by atoms with van der Waals surface area (Å²) in [4.78, 5) is 23.8. The second kappa shape index (κ2) is 6.24. The molecule has 2 N–H and O–H groups in total. The molecule has 1 atom stereocenters. The minimum Gasteiger partial charge on any atom is -0.480 e. The molecular weight excluding hydrogens is 224 g/mol. The van der Waals surface area contributed by atoms with Crippen LogP contribution in [0.25, 0.3) is 0 Å². The second-order valence-electron chi connectivity index (χ2n) is 4.00. The van der Waals surface area contributed by atoms with Crippen molar-refractivity contribution >= 4 is 12.0 Å². The van der Waals surface area contributed by atoms with Gasteiger partial charge in [0.1, 0.15) is 6.04 Å². The van der Waals surface area contributed by atoms with Crippen LogP contribution >= 0.6 is 0 Å². The molecule has 0 aromatic rings. The number of hydrogen-bond acceptors (Lipinski definition) is 3. The number of amides is 2. The third kappa shape index (κ3) is 4.07. The van der Waals surface area contributed by atoms with Crippen molar-refractivity contribution in [2.45, 2.75) is 19.4 Å². The summed E-state index contributed by atoms with van der Waals surface area (Å²) >= 11 is 0. The minimum atomic E-state index is -1.04. The number of methoxy groups -OCH3 is 1. The van der Waals surface area contributed by atoms with Crippen molar-refractivity contribution in [2.24, 2.45) is 0 Å². The predicted octanol–water partition coefficient (Wildman–Crippen LogP) is 0.448. The molecule has 1 rings (SSSR count). The van der Waals surface area contributed by atoms with E-state index in [0.717, 1.165) is 6.42 Å². The highest BCUT2D eigenvalue weighted by Crippen LogP contribution is 2.10. The average molecular weight is 242 g/mol. The highest BCUT2D eigenvalue weighted by Gasteiger charge is 2.20. The Balaban J connectivity index is 2.43. The second-order valence-corrected chi connectivity index (χ2v) is 4.00. The van der Waals surface area contributed by atoms with Crippen molar-refractivity contribution in [3.8, 4) is 0 Å². The van der Waals surface area contributed by atoms with Crippen LogP contribution in [0, 0.1) is 0 Å². The summed E-state index contributed by atoms with van der Waals surface area (Å²) in [7, 11) is 1.63. The third-order valence-electron chi connectivity index (χ3n) is 2.63. The van der Waals surface area contributed by atoms with E-state index in [1.54, 1.807) is 12.0 Å². The quantitative estimate of drug-likeness (QED) is 0.701. The number of carboxylic acid groups (broad SMARTS) is 1. The van der Waals surface area contributed by atoms with Crippen molar-refractivity contribution in [3.05, 3.63) is 11.6 Å². The Bertz CT molecular complexity index is 327. The molecule has 1 heterocycles. The van der Waals surface area contributed by atoms with Crippen LogP contribution in [0.2, 0.25) is 0 Å². The lowest BCUT2D eigenvalue weighted by Crippen LogP contribution is -2.48. The number of urea groups is 1. The summed E-state index contributed by atoms with van der Waals surface area (Å²) in [5, 5.41) is 11.1. The monoisotopic (exact) mass is 242 g/mol. The van der Waals surface area contributed by atoms with Crippen LogP contribution in [0.4, 0.5) is 4.79 Å². The number of nitrogens with one attached hydrogen (secondary N) is 1. The molecule has 2 amide bonds. The molecule has 1 aliphatic rings. The van der Waals surface area contributed by atoms with E-state index in [4.69, 9.17) is 9.84 Å². The van der Waals surface area contributed by atoms with E-state index in [0.29, 0.717) is 19.7 Å². The van der Waals surface area contributed by atoms with Crippen LogP contribution < -0.4 is 5.32 Å².